The van der Waals surface area contributed by atoms with Crippen molar-refractivity contribution in [1.29, 1.82) is 0 Å². The number of nitro benzene ring substituents is 1. The Morgan fingerprint density at radius 2 is 2.09 bits per heavy atom. The van der Waals surface area contributed by atoms with Gasteiger partial charge in [-0.2, -0.15) is 0 Å². The number of rotatable bonds is 3. The van der Waals surface area contributed by atoms with Crippen molar-refractivity contribution in [3.05, 3.63) is 63.2 Å². The molecule has 0 atom stereocenters. The number of cyclic esters (lactones) is 1. The molecule has 0 bridgehead atoms. The van der Waals surface area contributed by atoms with Gasteiger partial charge in [-0.3, -0.25) is 10.1 Å². The second kappa shape index (κ2) is 5.45. The summed E-state index contributed by atoms with van der Waals surface area (Å²) in [5.74, 6) is -0.140. The van der Waals surface area contributed by atoms with E-state index in [1.165, 1.54) is 31.4 Å². The van der Waals surface area contributed by atoms with Crippen LogP contribution in [0.2, 0.25) is 0 Å². The number of methoxy groups -OCH3 is 1. The van der Waals surface area contributed by atoms with E-state index in [4.69, 9.17) is 9.47 Å². The number of nitro groups is 1. The summed E-state index contributed by atoms with van der Waals surface area (Å²) in [4.78, 5) is 22.4. The molecule has 7 nitrogen and oxygen atoms in total. The third kappa shape index (κ3) is 2.48. The van der Waals surface area contributed by atoms with Gasteiger partial charge in [0.1, 0.15) is 17.3 Å². The number of benzene rings is 2. The zero-order valence-electron chi connectivity index (χ0n) is 12.0. The number of nitrogens with zero attached hydrogens (tertiary/aromatic N) is 1. The molecular formula is C16H11NO6. The van der Waals surface area contributed by atoms with Crippen molar-refractivity contribution in [1.82, 2.24) is 0 Å². The minimum atomic E-state index is -0.578. The number of phenolic OH excluding ortho intramolecular Hbond substituents is 1. The minimum Gasteiger partial charge on any atom is -0.508 e. The number of hydrogen-bond donors (Lipinski definition) is 1. The first-order valence-corrected chi connectivity index (χ1v) is 6.60. The topological polar surface area (TPSA) is 98.9 Å². The van der Waals surface area contributed by atoms with Crippen LogP contribution in [0, 0.1) is 10.1 Å². The Labute approximate surface area is 130 Å². The quantitative estimate of drug-likeness (QED) is 0.531. The van der Waals surface area contributed by atoms with Gasteiger partial charge in [0.2, 0.25) is 0 Å². The molecule has 0 aliphatic carbocycles. The molecule has 1 aliphatic rings. The first kappa shape index (κ1) is 14.6. The van der Waals surface area contributed by atoms with E-state index in [1.54, 1.807) is 18.2 Å². The summed E-state index contributed by atoms with van der Waals surface area (Å²) in [6.45, 7) is 0. The molecule has 1 aliphatic heterocycles. The maximum Gasteiger partial charge on any atom is 0.344 e. The van der Waals surface area contributed by atoms with Gasteiger partial charge in [0.25, 0.3) is 5.69 Å². The summed E-state index contributed by atoms with van der Waals surface area (Å²) >= 11 is 0. The van der Waals surface area contributed by atoms with Crippen LogP contribution in [0.25, 0.3) is 11.8 Å². The van der Waals surface area contributed by atoms with E-state index in [2.05, 4.69) is 0 Å². The highest BCUT2D eigenvalue weighted by Gasteiger charge is 2.30. The largest absolute Gasteiger partial charge is 0.508 e. The second-order valence-corrected chi connectivity index (χ2v) is 4.78. The van der Waals surface area contributed by atoms with Gasteiger partial charge in [-0.1, -0.05) is 6.07 Å². The Hall–Kier alpha value is -3.35. The Balaban J connectivity index is 2.19. The maximum atomic E-state index is 11.9. The third-order valence-corrected chi connectivity index (χ3v) is 3.41. The number of ether oxygens (including phenoxy) is 2. The molecule has 0 spiro atoms. The molecule has 0 amide bonds. The highest BCUT2D eigenvalue weighted by atomic mass is 16.6. The van der Waals surface area contributed by atoms with E-state index in [1.807, 2.05) is 0 Å². The number of carbonyl (C=O) groups excluding carboxylic acids is 1. The van der Waals surface area contributed by atoms with Gasteiger partial charge >= 0.3 is 5.97 Å². The monoisotopic (exact) mass is 313 g/mol. The van der Waals surface area contributed by atoms with Gasteiger partial charge < -0.3 is 14.6 Å². The van der Waals surface area contributed by atoms with Crippen LogP contribution in [-0.4, -0.2) is 23.1 Å². The van der Waals surface area contributed by atoms with E-state index >= 15 is 0 Å². The molecule has 2 aromatic carbocycles. The second-order valence-electron chi connectivity index (χ2n) is 4.78. The molecule has 0 radical (unpaired) electrons. The van der Waals surface area contributed by atoms with E-state index in [0.717, 1.165) is 0 Å². The Morgan fingerprint density at radius 3 is 2.78 bits per heavy atom. The lowest BCUT2D eigenvalue weighted by Crippen LogP contribution is -1.93. The SMILES string of the molecule is COc1cccc2c1/C(=C\c1cc(O)ccc1[N+](=O)[O-])OC2=O. The molecular weight excluding hydrogens is 302 g/mol. The van der Waals surface area contributed by atoms with Crippen molar-refractivity contribution in [3.63, 3.8) is 0 Å². The van der Waals surface area contributed by atoms with Crippen LogP contribution < -0.4 is 4.74 Å². The minimum absolute atomic E-state index is 0.122. The molecule has 0 aromatic heterocycles. The van der Waals surface area contributed by atoms with Gasteiger partial charge in [-0.05, 0) is 30.3 Å². The fraction of sp³-hybridized carbons (Fsp3) is 0.0625. The van der Waals surface area contributed by atoms with Gasteiger partial charge in [0.05, 0.1) is 28.7 Å². The summed E-state index contributed by atoms with van der Waals surface area (Å²) in [5, 5.41) is 20.7. The van der Waals surface area contributed by atoms with E-state index < -0.39 is 10.9 Å². The van der Waals surface area contributed by atoms with Crippen LogP contribution >= 0.6 is 0 Å². The number of carbonyl (C=O) groups is 1. The first-order valence-electron chi connectivity index (χ1n) is 6.60. The third-order valence-electron chi connectivity index (χ3n) is 3.41. The van der Waals surface area contributed by atoms with Gasteiger partial charge in [-0.15, -0.1) is 0 Å². The van der Waals surface area contributed by atoms with Crippen LogP contribution in [0.4, 0.5) is 5.69 Å². The van der Waals surface area contributed by atoms with Gasteiger partial charge in [0, 0.05) is 6.07 Å². The van der Waals surface area contributed by atoms with Gasteiger partial charge in [-0.25, -0.2) is 4.79 Å². The number of esters is 1. The van der Waals surface area contributed by atoms with E-state index in [-0.39, 0.29) is 22.8 Å². The number of hydrogen-bond acceptors (Lipinski definition) is 6. The number of aromatic hydroxyl groups is 1. The zero-order chi connectivity index (χ0) is 16.6. The van der Waals surface area contributed by atoms with E-state index in [9.17, 15) is 20.0 Å². The Morgan fingerprint density at radius 1 is 1.30 bits per heavy atom. The van der Waals surface area contributed by atoms with Crippen LogP contribution in [0.1, 0.15) is 21.5 Å². The molecule has 7 heteroatoms. The van der Waals surface area contributed by atoms with Crippen molar-refractivity contribution in [2.75, 3.05) is 7.11 Å². The number of phenols is 1. The molecule has 3 rings (SSSR count). The zero-order valence-corrected chi connectivity index (χ0v) is 12.0. The predicted octanol–water partition coefficient (Wildman–Crippen LogP) is 2.98. The van der Waals surface area contributed by atoms with Crippen molar-refractivity contribution < 1.29 is 24.3 Å². The standard InChI is InChI=1S/C16H11NO6/c1-22-13-4-2-3-11-15(13)14(23-16(11)19)8-9-7-10(18)5-6-12(9)17(20)21/h2-8,18H,1H3/b14-8+. The highest BCUT2D eigenvalue weighted by molar-refractivity contribution is 6.07. The summed E-state index contributed by atoms with van der Waals surface area (Å²) in [6.07, 6.45) is 1.34. The highest BCUT2D eigenvalue weighted by Crippen LogP contribution is 2.39. The van der Waals surface area contributed by atoms with Crippen molar-refractivity contribution in [3.8, 4) is 11.5 Å². The van der Waals surface area contributed by atoms with Crippen LogP contribution in [-0.2, 0) is 4.74 Å². The lowest BCUT2D eigenvalue weighted by Gasteiger charge is -2.06. The molecule has 1 heterocycles. The lowest BCUT2D eigenvalue weighted by molar-refractivity contribution is -0.385. The van der Waals surface area contributed by atoms with Crippen molar-refractivity contribution in [2.45, 2.75) is 0 Å². The van der Waals surface area contributed by atoms with Gasteiger partial charge in [0.15, 0.2) is 0 Å². The molecule has 116 valence electrons. The van der Waals surface area contributed by atoms with Crippen molar-refractivity contribution in [2.24, 2.45) is 0 Å². The lowest BCUT2D eigenvalue weighted by atomic mass is 10.0. The summed E-state index contributed by atoms with van der Waals surface area (Å²) in [6, 6.07) is 8.52. The molecule has 2 aromatic rings. The summed E-state index contributed by atoms with van der Waals surface area (Å²) in [5.41, 5.74) is 0.655. The van der Waals surface area contributed by atoms with Crippen molar-refractivity contribution >= 4 is 23.5 Å². The fourth-order valence-corrected chi connectivity index (χ4v) is 2.40. The molecule has 0 saturated carbocycles. The smallest absolute Gasteiger partial charge is 0.344 e. The molecule has 23 heavy (non-hydrogen) atoms. The van der Waals surface area contributed by atoms with E-state index in [0.29, 0.717) is 16.9 Å². The summed E-state index contributed by atoms with van der Waals surface area (Å²) < 4.78 is 10.4. The van der Waals surface area contributed by atoms with Crippen LogP contribution in [0.5, 0.6) is 11.5 Å². The molecule has 1 N–H and O–H groups in total. The average Bonchev–Trinajstić information content (AvgIpc) is 2.83. The predicted molar refractivity (Wildman–Crippen MR) is 81.0 cm³/mol. The number of fused-ring (bicyclic) bond motifs is 1. The first-order chi connectivity index (χ1) is 11.0. The molecule has 0 fully saturated rings. The maximum absolute atomic E-state index is 11.9. The molecule has 0 unspecified atom stereocenters. The Kier molecular flexibility index (Phi) is 3.46. The average molecular weight is 313 g/mol. The summed E-state index contributed by atoms with van der Waals surface area (Å²) in [7, 11) is 1.45. The normalized spacial score (nSPS) is 14.5. The van der Waals surface area contributed by atoms with Crippen LogP contribution in [0.3, 0.4) is 0 Å². The van der Waals surface area contributed by atoms with Crippen LogP contribution in [0.15, 0.2) is 36.4 Å². The Bertz CT molecular complexity index is 856. The fourth-order valence-electron chi connectivity index (χ4n) is 2.40. The molecule has 0 saturated heterocycles.